The minimum Gasteiger partial charge on any atom is -0.112 e. The van der Waals surface area contributed by atoms with Crippen molar-refractivity contribution in [2.45, 2.75) is 6.92 Å². The Morgan fingerprint density at radius 2 is 2.33 bits per heavy atom. The third-order valence-corrected chi connectivity index (χ3v) is 1.61. The second-order valence-electron chi connectivity index (χ2n) is 0.918. The van der Waals surface area contributed by atoms with E-state index in [0.29, 0.717) is 0 Å². The highest BCUT2D eigenvalue weighted by Crippen LogP contribution is 2.08. The van der Waals surface area contributed by atoms with E-state index < -0.39 is 7.95 Å². The summed E-state index contributed by atoms with van der Waals surface area (Å²) in [6.45, 7) is 1.88. The molecular weight excluding hydrogens is 97.0 g/mol. The van der Waals surface area contributed by atoms with Gasteiger partial charge in [-0.05, 0) is 6.92 Å². The van der Waals surface area contributed by atoms with Gasteiger partial charge in [-0.25, -0.2) is 0 Å². The second-order valence-corrected chi connectivity index (χ2v) is 2.76. The van der Waals surface area contributed by atoms with Crippen LogP contribution < -0.4 is 5.09 Å². The molecule has 2 nitrogen and oxygen atoms in total. The summed E-state index contributed by atoms with van der Waals surface area (Å²) in [6, 6.07) is 0. The first-order valence-electron chi connectivity index (χ1n) is 1.93. The summed E-state index contributed by atoms with van der Waals surface area (Å²) in [7, 11) is 0.620. The lowest BCUT2D eigenvalue weighted by Gasteiger charge is -1.68. The smallest absolute Gasteiger partial charge is 0.112 e. The van der Waals surface area contributed by atoms with E-state index in [1.54, 1.807) is 7.05 Å². The molecule has 0 rings (SSSR count). The van der Waals surface area contributed by atoms with Crippen molar-refractivity contribution in [2.24, 2.45) is 0 Å². The minimum absolute atomic E-state index is 0.728. The van der Waals surface area contributed by atoms with Crippen molar-refractivity contribution in [1.29, 1.82) is 0 Å². The first-order valence-corrected chi connectivity index (χ1v) is 3.37. The van der Waals surface area contributed by atoms with Gasteiger partial charge in [-0.1, -0.05) is 4.57 Å². The summed E-state index contributed by atoms with van der Waals surface area (Å²) < 4.78 is 10.2. The molecule has 0 aromatic carbocycles. The van der Waals surface area contributed by atoms with E-state index in [1.165, 1.54) is 0 Å². The van der Waals surface area contributed by atoms with E-state index in [9.17, 15) is 4.57 Å². The average molecular weight is 106 g/mol. The van der Waals surface area contributed by atoms with Crippen LogP contribution in [-0.4, -0.2) is 13.2 Å². The van der Waals surface area contributed by atoms with E-state index in [1.807, 2.05) is 6.92 Å². The molecular formula is C3H9NOP+. The van der Waals surface area contributed by atoms with Gasteiger partial charge in [-0.2, -0.15) is 0 Å². The fourth-order valence-corrected chi connectivity index (χ4v) is 0.474. The van der Waals surface area contributed by atoms with Crippen LogP contribution in [0.1, 0.15) is 6.92 Å². The third kappa shape index (κ3) is 2.31. The van der Waals surface area contributed by atoms with Crippen molar-refractivity contribution in [2.75, 3.05) is 13.2 Å². The van der Waals surface area contributed by atoms with Crippen LogP contribution in [0.5, 0.6) is 0 Å². The maximum absolute atomic E-state index is 10.2. The third-order valence-electron chi connectivity index (χ3n) is 0.537. The molecule has 0 saturated heterocycles. The summed E-state index contributed by atoms with van der Waals surface area (Å²) in [4.78, 5) is 0. The summed E-state index contributed by atoms with van der Waals surface area (Å²) in [5.74, 6) is 0. The van der Waals surface area contributed by atoms with Crippen molar-refractivity contribution >= 4 is 7.95 Å². The predicted molar refractivity (Wildman–Crippen MR) is 27.2 cm³/mol. The molecule has 0 aliphatic carbocycles. The Kier molecular flexibility index (Phi) is 3.29. The molecule has 0 radical (unpaired) electrons. The standard InChI is InChI=1S/C3H9NOP/c1-3-6(5)4-2/h3H2,1-2H3,(H,4,5)/q+1. The lowest BCUT2D eigenvalue weighted by atomic mass is 11.0. The van der Waals surface area contributed by atoms with Crippen molar-refractivity contribution in [3.05, 3.63) is 0 Å². The SMILES string of the molecule is CC[P+](=O)NC. The Hall–Kier alpha value is 0.0600. The second kappa shape index (κ2) is 3.26. The molecule has 3 heteroatoms. The van der Waals surface area contributed by atoms with Gasteiger partial charge in [0, 0.05) is 7.05 Å². The van der Waals surface area contributed by atoms with Crippen LogP contribution in [0.15, 0.2) is 0 Å². The van der Waals surface area contributed by atoms with Gasteiger partial charge in [0.05, 0.1) is 0 Å². The van der Waals surface area contributed by atoms with Gasteiger partial charge in [0.25, 0.3) is 0 Å². The Balaban J connectivity index is 2.99. The molecule has 1 unspecified atom stereocenters. The van der Waals surface area contributed by atoms with Crippen molar-refractivity contribution in [3.8, 4) is 0 Å². The highest BCUT2D eigenvalue weighted by atomic mass is 31.1. The van der Waals surface area contributed by atoms with E-state index in [4.69, 9.17) is 0 Å². The van der Waals surface area contributed by atoms with Crippen molar-refractivity contribution in [3.63, 3.8) is 0 Å². The topological polar surface area (TPSA) is 29.1 Å². The molecule has 0 aliphatic heterocycles. The van der Waals surface area contributed by atoms with Gasteiger partial charge in [0.2, 0.25) is 0 Å². The highest BCUT2D eigenvalue weighted by Gasteiger charge is 2.02. The zero-order chi connectivity index (χ0) is 4.99. The van der Waals surface area contributed by atoms with E-state index in [2.05, 4.69) is 5.09 Å². The number of hydrogen-bond acceptors (Lipinski definition) is 1. The number of nitrogens with one attached hydrogen (secondary N) is 1. The summed E-state index contributed by atoms with van der Waals surface area (Å²) >= 11 is 0. The van der Waals surface area contributed by atoms with Gasteiger partial charge in [0.1, 0.15) is 0 Å². The molecule has 0 aromatic rings. The fraction of sp³-hybridized carbons (Fsp3) is 1.00. The normalized spacial score (nSPS) is 11.3. The lowest BCUT2D eigenvalue weighted by molar-refractivity contribution is 0.584. The summed E-state index contributed by atoms with van der Waals surface area (Å²) in [5, 5.41) is 2.62. The molecule has 1 N–H and O–H groups in total. The molecule has 0 aromatic heterocycles. The lowest BCUT2D eigenvalue weighted by Crippen LogP contribution is -1.90. The quantitative estimate of drug-likeness (QED) is 0.531. The molecule has 0 bridgehead atoms. The molecule has 0 amide bonds. The molecule has 36 valence electrons. The largest absolute Gasteiger partial charge is 0.431 e. The highest BCUT2D eigenvalue weighted by molar-refractivity contribution is 7.42. The van der Waals surface area contributed by atoms with E-state index in [-0.39, 0.29) is 0 Å². The van der Waals surface area contributed by atoms with Crippen molar-refractivity contribution in [1.82, 2.24) is 5.09 Å². The Labute approximate surface area is 38.8 Å². The van der Waals surface area contributed by atoms with Gasteiger partial charge in [-0.3, -0.25) is 0 Å². The summed E-state index contributed by atoms with van der Waals surface area (Å²) in [6.07, 6.45) is 0.728. The van der Waals surface area contributed by atoms with Crippen LogP contribution in [0.2, 0.25) is 0 Å². The fourth-order valence-electron chi connectivity index (χ4n) is 0.158. The average Bonchev–Trinajstić information content (AvgIpc) is 1.65. The Morgan fingerprint density at radius 3 is 2.33 bits per heavy atom. The monoisotopic (exact) mass is 106 g/mol. The molecule has 1 atom stereocenters. The van der Waals surface area contributed by atoms with Crippen molar-refractivity contribution < 1.29 is 4.57 Å². The maximum Gasteiger partial charge on any atom is 0.431 e. The zero-order valence-corrected chi connectivity index (χ0v) is 4.96. The number of hydrogen-bond donors (Lipinski definition) is 1. The predicted octanol–water partition coefficient (Wildman–Crippen LogP) is 0.968. The van der Waals surface area contributed by atoms with Gasteiger partial charge < -0.3 is 0 Å². The van der Waals surface area contributed by atoms with Crippen LogP contribution in [0, 0.1) is 0 Å². The molecule has 0 heterocycles. The maximum atomic E-state index is 10.2. The summed E-state index contributed by atoms with van der Waals surface area (Å²) in [5.41, 5.74) is 0. The number of rotatable bonds is 2. The van der Waals surface area contributed by atoms with Crippen LogP contribution >= 0.6 is 7.95 Å². The van der Waals surface area contributed by atoms with Gasteiger partial charge in [0.15, 0.2) is 6.16 Å². The molecule has 0 aliphatic rings. The molecule has 6 heavy (non-hydrogen) atoms. The van der Waals surface area contributed by atoms with Gasteiger partial charge in [-0.15, -0.1) is 5.09 Å². The van der Waals surface area contributed by atoms with Crippen LogP contribution in [-0.2, 0) is 4.57 Å². The minimum atomic E-state index is -1.08. The van der Waals surface area contributed by atoms with Crippen LogP contribution in [0.4, 0.5) is 0 Å². The zero-order valence-electron chi connectivity index (χ0n) is 4.06. The Morgan fingerprint density at radius 1 is 1.83 bits per heavy atom. The van der Waals surface area contributed by atoms with E-state index in [0.717, 1.165) is 6.16 Å². The Bertz CT molecular complexity index is 48.8. The van der Waals surface area contributed by atoms with Crippen LogP contribution in [0.3, 0.4) is 0 Å². The first-order chi connectivity index (χ1) is 2.81. The molecule has 0 saturated carbocycles. The molecule has 0 fully saturated rings. The van der Waals surface area contributed by atoms with E-state index >= 15 is 0 Å². The first kappa shape index (κ1) is 6.06. The molecule has 0 spiro atoms. The van der Waals surface area contributed by atoms with Crippen LogP contribution in [0.25, 0.3) is 0 Å². The van der Waals surface area contributed by atoms with Gasteiger partial charge >= 0.3 is 7.95 Å².